The van der Waals surface area contributed by atoms with Crippen LogP contribution < -0.4 is 10.1 Å². The lowest BCUT2D eigenvalue weighted by Crippen LogP contribution is -2.37. The molecule has 0 spiro atoms. The maximum Gasteiger partial charge on any atom is 0.305 e. The number of carboxylic acid groups (broad SMARTS) is 1. The SMILES string of the molecule is C=CCNC(CC(=O)O)C(O)c1cc(C)ccc1OCC. The van der Waals surface area contributed by atoms with E-state index in [1.807, 2.05) is 26.0 Å². The number of hydrogen-bond acceptors (Lipinski definition) is 4. The van der Waals surface area contributed by atoms with Crippen LogP contribution in [-0.2, 0) is 4.79 Å². The summed E-state index contributed by atoms with van der Waals surface area (Å²) in [7, 11) is 0. The maximum absolute atomic E-state index is 11.0. The second-order valence-corrected chi connectivity index (χ2v) is 4.82. The van der Waals surface area contributed by atoms with E-state index >= 15 is 0 Å². The molecule has 1 aromatic carbocycles. The average Bonchev–Trinajstić information content (AvgIpc) is 2.44. The van der Waals surface area contributed by atoms with Crippen molar-refractivity contribution in [2.45, 2.75) is 32.4 Å². The third kappa shape index (κ3) is 5.21. The lowest BCUT2D eigenvalue weighted by Gasteiger charge is -2.24. The van der Waals surface area contributed by atoms with Crippen LogP contribution in [0.1, 0.15) is 30.6 Å². The van der Waals surface area contributed by atoms with Crippen LogP contribution in [-0.4, -0.2) is 35.4 Å². The molecule has 0 aliphatic heterocycles. The monoisotopic (exact) mass is 293 g/mol. The summed E-state index contributed by atoms with van der Waals surface area (Å²) in [6, 6.07) is 4.90. The number of rotatable bonds is 9. The third-order valence-electron chi connectivity index (χ3n) is 3.08. The first-order valence-corrected chi connectivity index (χ1v) is 6.97. The Morgan fingerprint density at radius 3 is 2.81 bits per heavy atom. The van der Waals surface area contributed by atoms with E-state index in [1.165, 1.54) is 0 Å². The van der Waals surface area contributed by atoms with Crippen molar-refractivity contribution in [1.82, 2.24) is 5.32 Å². The highest BCUT2D eigenvalue weighted by molar-refractivity contribution is 5.67. The summed E-state index contributed by atoms with van der Waals surface area (Å²) in [6.07, 6.45) is 0.470. The fourth-order valence-corrected chi connectivity index (χ4v) is 2.12. The Labute approximate surface area is 125 Å². The van der Waals surface area contributed by atoms with Crippen molar-refractivity contribution >= 4 is 5.97 Å². The predicted octanol–water partition coefficient (Wildman–Crippen LogP) is 2.05. The number of ether oxygens (including phenoxy) is 1. The second-order valence-electron chi connectivity index (χ2n) is 4.82. The van der Waals surface area contributed by atoms with E-state index in [4.69, 9.17) is 9.84 Å². The van der Waals surface area contributed by atoms with Crippen molar-refractivity contribution in [2.75, 3.05) is 13.2 Å². The molecule has 0 radical (unpaired) electrons. The number of carboxylic acids is 1. The van der Waals surface area contributed by atoms with Gasteiger partial charge in [0.25, 0.3) is 0 Å². The van der Waals surface area contributed by atoms with Crippen molar-refractivity contribution in [1.29, 1.82) is 0 Å². The Kier molecular flexibility index (Phi) is 6.91. The van der Waals surface area contributed by atoms with Crippen molar-refractivity contribution in [3.05, 3.63) is 42.0 Å². The number of aliphatic hydroxyl groups is 1. The third-order valence-corrected chi connectivity index (χ3v) is 3.08. The molecule has 0 aromatic heterocycles. The fourth-order valence-electron chi connectivity index (χ4n) is 2.12. The Balaban J connectivity index is 3.05. The molecule has 0 amide bonds. The summed E-state index contributed by atoms with van der Waals surface area (Å²) in [5.41, 5.74) is 1.57. The highest BCUT2D eigenvalue weighted by atomic mass is 16.5. The van der Waals surface area contributed by atoms with Crippen LogP contribution in [0, 0.1) is 6.92 Å². The minimum absolute atomic E-state index is 0.186. The van der Waals surface area contributed by atoms with E-state index in [0.29, 0.717) is 24.5 Å². The largest absolute Gasteiger partial charge is 0.493 e. The van der Waals surface area contributed by atoms with Crippen LogP contribution in [0.4, 0.5) is 0 Å². The van der Waals surface area contributed by atoms with Gasteiger partial charge in [-0.05, 0) is 26.0 Å². The highest BCUT2D eigenvalue weighted by Gasteiger charge is 2.25. The number of carbonyl (C=O) groups is 1. The molecule has 5 nitrogen and oxygen atoms in total. The lowest BCUT2D eigenvalue weighted by atomic mass is 9.97. The van der Waals surface area contributed by atoms with E-state index < -0.39 is 18.1 Å². The zero-order valence-corrected chi connectivity index (χ0v) is 12.5. The van der Waals surface area contributed by atoms with E-state index in [-0.39, 0.29) is 6.42 Å². The van der Waals surface area contributed by atoms with Crippen LogP contribution in [0.15, 0.2) is 30.9 Å². The average molecular weight is 293 g/mol. The van der Waals surface area contributed by atoms with Crippen molar-refractivity contribution in [3.8, 4) is 5.75 Å². The van der Waals surface area contributed by atoms with E-state index in [2.05, 4.69) is 11.9 Å². The van der Waals surface area contributed by atoms with Crippen LogP contribution in [0.3, 0.4) is 0 Å². The molecule has 5 heteroatoms. The Hall–Kier alpha value is -1.85. The number of hydrogen-bond donors (Lipinski definition) is 3. The zero-order valence-electron chi connectivity index (χ0n) is 12.5. The molecule has 0 saturated heterocycles. The Morgan fingerprint density at radius 2 is 2.24 bits per heavy atom. The summed E-state index contributed by atoms with van der Waals surface area (Å²) in [6.45, 7) is 8.26. The molecular formula is C16H23NO4. The predicted molar refractivity (Wildman–Crippen MR) is 81.5 cm³/mol. The van der Waals surface area contributed by atoms with Crippen LogP contribution in [0.25, 0.3) is 0 Å². The van der Waals surface area contributed by atoms with Gasteiger partial charge in [0, 0.05) is 18.2 Å². The minimum atomic E-state index is -0.971. The van der Waals surface area contributed by atoms with Gasteiger partial charge in [0.15, 0.2) is 0 Å². The number of aliphatic carboxylic acids is 1. The van der Waals surface area contributed by atoms with Crippen LogP contribution in [0.5, 0.6) is 5.75 Å². The summed E-state index contributed by atoms with van der Waals surface area (Å²) >= 11 is 0. The first-order chi connectivity index (χ1) is 9.99. The van der Waals surface area contributed by atoms with Gasteiger partial charge in [-0.1, -0.05) is 17.7 Å². The molecule has 0 fully saturated rings. The highest BCUT2D eigenvalue weighted by Crippen LogP contribution is 2.29. The number of benzene rings is 1. The van der Waals surface area contributed by atoms with Gasteiger partial charge in [0.05, 0.1) is 19.1 Å². The quantitative estimate of drug-likeness (QED) is 0.607. The van der Waals surface area contributed by atoms with Crippen molar-refractivity contribution in [3.63, 3.8) is 0 Å². The van der Waals surface area contributed by atoms with Gasteiger partial charge in [0.2, 0.25) is 0 Å². The smallest absolute Gasteiger partial charge is 0.305 e. The van der Waals surface area contributed by atoms with E-state index in [1.54, 1.807) is 12.1 Å². The van der Waals surface area contributed by atoms with Gasteiger partial charge < -0.3 is 20.3 Å². The van der Waals surface area contributed by atoms with Crippen LogP contribution in [0.2, 0.25) is 0 Å². The maximum atomic E-state index is 11.0. The summed E-state index contributed by atoms with van der Waals surface area (Å²) in [5.74, 6) is -0.396. The molecule has 0 aliphatic rings. The molecule has 1 aromatic rings. The van der Waals surface area contributed by atoms with Gasteiger partial charge >= 0.3 is 5.97 Å². The van der Waals surface area contributed by atoms with Gasteiger partial charge in [-0.3, -0.25) is 4.79 Å². The first-order valence-electron chi connectivity index (χ1n) is 6.97. The summed E-state index contributed by atoms with van der Waals surface area (Å²) in [5, 5.41) is 22.5. The molecule has 2 atom stereocenters. The van der Waals surface area contributed by atoms with Crippen molar-refractivity contribution in [2.24, 2.45) is 0 Å². The molecule has 2 unspecified atom stereocenters. The molecule has 21 heavy (non-hydrogen) atoms. The molecule has 0 aliphatic carbocycles. The number of aliphatic hydroxyl groups excluding tert-OH is 1. The van der Waals surface area contributed by atoms with Gasteiger partial charge in [-0.25, -0.2) is 0 Å². The van der Waals surface area contributed by atoms with Gasteiger partial charge in [0.1, 0.15) is 5.75 Å². The molecule has 116 valence electrons. The van der Waals surface area contributed by atoms with Crippen molar-refractivity contribution < 1.29 is 19.7 Å². The molecular weight excluding hydrogens is 270 g/mol. The summed E-state index contributed by atoms with van der Waals surface area (Å²) in [4.78, 5) is 11.0. The lowest BCUT2D eigenvalue weighted by molar-refractivity contribution is -0.138. The number of nitrogens with one attached hydrogen (secondary N) is 1. The van der Waals surface area contributed by atoms with E-state index in [0.717, 1.165) is 5.56 Å². The van der Waals surface area contributed by atoms with E-state index in [9.17, 15) is 9.90 Å². The summed E-state index contributed by atoms with van der Waals surface area (Å²) < 4.78 is 5.52. The Bertz CT molecular complexity index is 487. The molecule has 3 N–H and O–H groups in total. The topological polar surface area (TPSA) is 78.8 Å². The zero-order chi connectivity index (χ0) is 15.8. The normalized spacial score (nSPS) is 13.5. The number of aryl methyl sites for hydroxylation is 1. The second kappa shape index (κ2) is 8.44. The minimum Gasteiger partial charge on any atom is -0.493 e. The van der Waals surface area contributed by atoms with Gasteiger partial charge in [-0.2, -0.15) is 0 Å². The Morgan fingerprint density at radius 1 is 1.52 bits per heavy atom. The standard InChI is InChI=1S/C16H23NO4/c1-4-8-17-13(10-15(18)19)16(20)12-9-11(3)6-7-14(12)21-5-2/h4,6-7,9,13,16-17,20H,1,5,8,10H2,2-3H3,(H,18,19). The first kappa shape index (κ1) is 17.2. The molecule has 0 heterocycles. The fraction of sp³-hybridized carbons (Fsp3) is 0.438. The molecule has 0 saturated carbocycles. The van der Waals surface area contributed by atoms with Gasteiger partial charge in [-0.15, -0.1) is 6.58 Å². The van der Waals surface area contributed by atoms with Crippen LogP contribution >= 0.6 is 0 Å². The molecule has 0 bridgehead atoms. The molecule has 1 rings (SSSR count).